The fourth-order valence-electron chi connectivity index (χ4n) is 1.87. The molecule has 4 nitrogen and oxygen atoms in total. The third-order valence-electron chi connectivity index (χ3n) is 2.91. The highest BCUT2D eigenvalue weighted by atomic mass is 35.5. The van der Waals surface area contributed by atoms with Gasteiger partial charge in [0.15, 0.2) is 5.78 Å². The molecule has 0 N–H and O–H groups in total. The summed E-state index contributed by atoms with van der Waals surface area (Å²) < 4.78 is 40.1. The van der Waals surface area contributed by atoms with Crippen molar-refractivity contribution in [1.82, 2.24) is 0 Å². The maximum atomic E-state index is 13.8. The van der Waals surface area contributed by atoms with Gasteiger partial charge in [-0.25, -0.2) is 4.39 Å². The monoisotopic (exact) mass is 366 g/mol. The Labute approximate surface area is 144 Å². The van der Waals surface area contributed by atoms with Crippen LogP contribution in [-0.2, 0) is 14.3 Å². The summed E-state index contributed by atoms with van der Waals surface area (Å²) in [7, 11) is -3.60. The minimum atomic E-state index is -3.60. The predicted molar refractivity (Wildman–Crippen MR) is 89.0 cm³/mol. The predicted octanol–water partition coefficient (Wildman–Crippen LogP) is 3.04. The summed E-state index contributed by atoms with van der Waals surface area (Å²) in [4.78, 5) is 12.5. The standard InChI is InChI=1S/C17H12ClFO4S/c1-24(21,22)23-10-4-5-12-8-9-13(18)11-15(12)17(20)14-6-2-3-7-16(14)19/h2-3,6-9,11H,10H2,1H3. The van der Waals surface area contributed by atoms with Crippen molar-refractivity contribution in [2.24, 2.45) is 0 Å². The number of ketones is 1. The lowest BCUT2D eigenvalue weighted by atomic mass is 9.98. The molecule has 0 unspecified atom stereocenters. The molecule has 124 valence electrons. The molecule has 2 rings (SSSR count). The van der Waals surface area contributed by atoms with E-state index in [1.54, 1.807) is 6.07 Å². The van der Waals surface area contributed by atoms with Gasteiger partial charge in [0.2, 0.25) is 0 Å². The highest BCUT2D eigenvalue weighted by Gasteiger charge is 2.16. The van der Waals surface area contributed by atoms with Crippen LogP contribution in [0.1, 0.15) is 21.5 Å². The SMILES string of the molecule is CS(=O)(=O)OCC#Cc1ccc(Cl)cc1C(=O)c1ccccc1F. The Balaban J connectivity index is 2.37. The first-order valence-electron chi connectivity index (χ1n) is 6.70. The summed E-state index contributed by atoms with van der Waals surface area (Å²) in [5.41, 5.74) is 0.319. The van der Waals surface area contributed by atoms with Gasteiger partial charge < -0.3 is 0 Å². The molecule has 0 atom stereocenters. The van der Waals surface area contributed by atoms with Crippen LogP contribution in [0.15, 0.2) is 42.5 Å². The molecule has 24 heavy (non-hydrogen) atoms. The number of benzene rings is 2. The van der Waals surface area contributed by atoms with Gasteiger partial charge in [-0.1, -0.05) is 35.6 Å². The zero-order valence-electron chi connectivity index (χ0n) is 12.5. The third-order valence-corrected chi connectivity index (χ3v) is 3.69. The number of halogens is 2. The van der Waals surface area contributed by atoms with E-state index >= 15 is 0 Å². The van der Waals surface area contributed by atoms with E-state index in [9.17, 15) is 17.6 Å². The molecule has 0 amide bonds. The van der Waals surface area contributed by atoms with Crippen molar-refractivity contribution in [3.05, 3.63) is 70.0 Å². The molecule has 0 bridgehead atoms. The van der Waals surface area contributed by atoms with Crippen molar-refractivity contribution in [2.75, 3.05) is 12.9 Å². The summed E-state index contributed by atoms with van der Waals surface area (Å²) in [5.74, 6) is 3.92. The molecule has 0 aliphatic rings. The van der Waals surface area contributed by atoms with Gasteiger partial charge in [-0.05, 0) is 30.3 Å². The van der Waals surface area contributed by atoms with Crippen LogP contribution < -0.4 is 0 Å². The summed E-state index contributed by atoms with van der Waals surface area (Å²) in [6, 6.07) is 9.99. The maximum Gasteiger partial charge on any atom is 0.265 e. The van der Waals surface area contributed by atoms with Crippen molar-refractivity contribution >= 4 is 27.5 Å². The van der Waals surface area contributed by atoms with Gasteiger partial charge in [-0.15, -0.1) is 0 Å². The van der Waals surface area contributed by atoms with E-state index in [0.29, 0.717) is 10.6 Å². The minimum Gasteiger partial charge on any atom is -0.288 e. The lowest BCUT2D eigenvalue weighted by Gasteiger charge is -2.06. The van der Waals surface area contributed by atoms with E-state index in [4.69, 9.17) is 11.6 Å². The highest BCUT2D eigenvalue weighted by molar-refractivity contribution is 7.86. The largest absolute Gasteiger partial charge is 0.288 e. The van der Waals surface area contributed by atoms with Crippen LogP contribution in [0.25, 0.3) is 0 Å². The van der Waals surface area contributed by atoms with Crippen molar-refractivity contribution in [3.8, 4) is 11.8 Å². The molecule has 0 saturated heterocycles. The van der Waals surface area contributed by atoms with Crippen molar-refractivity contribution in [1.29, 1.82) is 0 Å². The molecule has 7 heteroatoms. The lowest BCUT2D eigenvalue weighted by Crippen LogP contribution is -2.07. The first-order chi connectivity index (χ1) is 11.3. The van der Waals surface area contributed by atoms with E-state index in [2.05, 4.69) is 16.0 Å². The van der Waals surface area contributed by atoms with Crippen LogP contribution in [-0.4, -0.2) is 27.1 Å². The quantitative estimate of drug-likeness (QED) is 0.474. The van der Waals surface area contributed by atoms with Gasteiger partial charge in [0, 0.05) is 16.1 Å². The van der Waals surface area contributed by atoms with Gasteiger partial charge in [-0.2, -0.15) is 8.42 Å². The first kappa shape index (κ1) is 18.1. The van der Waals surface area contributed by atoms with Gasteiger partial charge in [0.05, 0.1) is 11.8 Å². The Hall–Kier alpha value is -2.20. The van der Waals surface area contributed by atoms with Crippen molar-refractivity contribution < 1.29 is 21.8 Å². The molecule has 0 heterocycles. The Morgan fingerprint density at radius 2 is 1.92 bits per heavy atom. The number of carbonyl (C=O) groups is 1. The summed E-state index contributed by atoms with van der Waals surface area (Å²) in [5, 5.41) is 0.299. The van der Waals surface area contributed by atoms with Gasteiger partial charge in [0.1, 0.15) is 12.4 Å². The number of rotatable bonds is 4. The minimum absolute atomic E-state index is 0.102. The average Bonchev–Trinajstić information content (AvgIpc) is 2.51. The van der Waals surface area contributed by atoms with E-state index in [0.717, 1.165) is 6.26 Å². The molecule has 0 fully saturated rings. The molecule has 0 spiro atoms. The van der Waals surface area contributed by atoms with E-state index < -0.39 is 21.7 Å². The second-order valence-corrected chi connectivity index (χ2v) is 6.85. The first-order valence-corrected chi connectivity index (χ1v) is 8.89. The molecular formula is C17H12ClFO4S. The van der Waals surface area contributed by atoms with Crippen LogP contribution in [0.5, 0.6) is 0 Å². The summed E-state index contributed by atoms with van der Waals surface area (Å²) >= 11 is 5.91. The Morgan fingerprint density at radius 1 is 1.21 bits per heavy atom. The molecule has 0 aliphatic carbocycles. The molecule has 0 aliphatic heterocycles. The molecule has 0 radical (unpaired) electrons. The molecule has 2 aromatic carbocycles. The molecule has 0 aromatic heterocycles. The third kappa shape index (κ3) is 4.90. The van der Waals surface area contributed by atoms with Crippen LogP contribution in [0.4, 0.5) is 4.39 Å². The van der Waals surface area contributed by atoms with Crippen LogP contribution in [0.2, 0.25) is 5.02 Å². The van der Waals surface area contributed by atoms with Crippen LogP contribution in [0, 0.1) is 17.7 Å². The Kier molecular flexibility index (Phi) is 5.73. The van der Waals surface area contributed by atoms with Crippen molar-refractivity contribution in [2.45, 2.75) is 0 Å². The Morgan fingerprint density at radius 3 is 2.58 bits per heavy atom. The topological polar surface area (TPSA) is 60.4 Å². The van der Waals surface area contributed by atoms with Crippen LogP contribution in [0.3, 0.4) is 0 Å². The zero-order chi connectivity index (χ0) is 17.7. The van der Waals surface area contributed by atoms with E-state index in [1.165, 1.54) is 36.4 Å². The Bertz CT molecular complexity index is 943. The molecular weight excluding hydrogens is 355 g/mol. The van der Waals surface area contributed by atoms with Gasteiger partial charge in [0.25, 0.3) is 10.1 Å². The lowest BCUT2D eigenvalue weighted by molar-refractivity contribution is 0.103. The fraction of sp³-hybridized carbons (Fsp3) is 0.118. The fourth-order valence-corrected chi connectivity index (χ4v) is 2.32. The average molecular weight is 367 g/mol. The molecule has 2 aromatic rings. The summed E-state index contributed by atoms with van der Waals surface area (Å²) in [6.45, 7) is -0.352. The van der Waals surface area contributed by atoms with Crippen LogP contribution >= 0.6 is 11.6 Å². The smallest absolute Gasteiger partial charge is 0.265 e. The van der Waals surface area contributed by atoms with E-state index in [1.807, 2.05) is 0 Å². The number of carbonyl (C=O) groups excluding carboxylic acids is 1. The zero-order valence-corrected chi connectivity index (χ0v) is 14.1. The maximum absolute atomic E-state index is 13.8. The van der Waals surface area contributed by atoms with E-state index in [-0.39, 0.29) is 17.7 Å². The highest BCUT2D eigenvalue weighted by Crippen LogP contribution is 2.20. The second-order valence-electron chi connectivity index (χ2n) is 4.77. The normalized spacial score (nSPS) is 10.8. The van der Waals surface area contributed by atoms with Crippen molar-refractivity contribution in [3.63, 3.8) is 0 Å². The van der Waals surface area contributed by atoms with Gasteiger partial charge in [-0.3, -0.25) is 8.98 Å². The number of hydrogen-bond acceptors (Lipinski definition) is 4. The molecule has 0 saturated carbocycles. The summed E-state index contributed by atoms with van der Waals surface area (Å²) in [6.07, 6.45) is 0.907. The van der Waals surface area contributed by atoms with Gasteiger partial charge >= 0.3 is 0 Å². The number of hydrogen-bond donors (Lipinski definition) is 0. The second kappa shape index (κ2) is 7.58.